The van der Waals surface area contributed by atoms with Gasteiger partial charge in [0, 0.05) is 24.0 Å². The molecule has 0 aliphatic carbocycles. The third kappa shape index (κ3) is 5.12. The minimum Gasteiger partial charge on any atom is -0.393 e. The topological polar surface area (TPSA) is 105 Å². The molecule has 0 bridgehead atoms. The normalized spacial score (nSPS) is 11.0. The highest BCUT2D eigenvalue weighted by Crippen LogP contribution is 2.32. The summed E-state index contributed by atoms with van der Waals surface area (Å²) in [6.45, 7) is 1.42. The summed E-state index contributed by atoms with van der Waals surface area (Å²) in [7, 11) is 0. The van der Waals surface area contributed by atoms with Gasteiger partial charge in [0.05, 0.1) is 5.56 Å². The predicted octanol–water partition coefficient (Wildman–Crippen LogP) is 4.52. The number of rotatable bonds is 5. The fourth-order valence-corrected chi connectivity index (χ4v) is 2.45. The van der Waals surface area contributed by atoms with Crippen molar-refractivity contribution in [1.82, 2.24) is 9.97 Å². The van der Waals surface area contributed by atoms with E-state index in [1.54, 1.807) is 24.3 Å². The molecule has 150 valence electrons. The first-order valence-corrected chi connectivity index (χ1v) is 8.42. The number of carbonyl (C=O) groups excluding carboxylic acids is 1. The average Bonchev–Trinajstić information content (AvgIpc) is 2.66. The molecule has 2 aromatic carbocycles. The number of anilines is 6. The maximum Gasteiger partial charge on any atom is 0.416 e. The Hall–Kier alpha value is -3.82. The predicted molar refractivity (Wildman–Crippen MR) is 105 cm³/mol. The zero-order valence-corrected chi connectivity index (χ0v) is 15.2. The van der Waals surface area contributed by atoms with Crippen molar-refractivity contribution in [2.24, 2.45) is 0 Å². The molecule has 0 fully saturated rings. The molecule has 1 aromatic heterocycles. The first-order valence-electron chi connectivity index (χ1n) is 8.42. The van der Waals surface area contributed by atoms with Crippen molar-refractivity contribution in [3.8, 4) is 0 Å². The third-order valence-electron chi connectivity index (χ3n) is 3.83. The van der Waals surface area contributed by atoms with Crippen LogP contribution in [0.3, 0.4) is 0 Å². The van der Waals surface area contributed by atoms with Gasteiger partial charge in [-0.25, -0.2) is 9.97 Å². The van der Waals surface area contributed by atoms with Crippen LogP contribution < -0.4 is 21.7 Å². The van der Waals surface area contributed by atoms with E-state index < -0.39 is 11.7 Å². The van der Waals surface area contributed by atoms with Crippen LogP contribution in [0.4, 0.5) is 47.6 Å². The minimum absolute atomic E-state index is 0.176. The number of amides is 1. The van der Waals surface area contributed by atoms with E-state index in [1.807, 2.05) is 0 Å². The molecule has 0 radical (unpaired) electrons. The number of nitrogens with zero attached hydrogens (tertiary/aromatic N) is 2. The lowest BCUT2D eigenvalue weighted by atomic mass is 10.2. The van der Waals surface area contributed by atoms with E-state index >= 15 is 0 Å². The molecule has 1 amide bonds. The number of nitrogen functional groups attached to an aromatic ring is 1. The highest BCUT2D eigenvalue weighted by Gasteiger charge is 2.29. The Balaban J connectivity index is 1.75. The Labute approximate surface area is 164 Å². The summed E-state index contributed by atoms with van der Waals surface area (Å²) in [6.07, 6.45) is -3.13. The number of carbonyl (C=O) groups is 1. The number of nitrogens with two attached hydrogens (primary N) is 1. The van der Waals surface area contributed by atoms with Gasteiger partial charge in [-0.2, -0.15) is 13.2 Å². The van der Waals surface area contributed by atoms with Crippen LogP contribution in [0.5, 0.6) is 0 Å². The van der Waals surface area contributed by atoms with Crippen molar-refractivity contribution < 1.29 is 18.0 Å². The summed E-state index contributed by atoms with van der Waals surface area (Å²) in [5, 5.41) is 8.57. The molecule has 5 N–H and O–H groups in total. The average molecular weight is 402 g/mol. The molecule has 0 saturated carbocycles. The van der Waals surface area contributed by atoms with Gasteiger partial charge < -0.3 is 21.7 Å². The van der Waals surface area contributed by atoms with E-state index in [-0.39, 0.29) is 17.4 Å². The number of hydrogen-bond donors (Lipinski definition) is 4. The van der Waals surface area contributed by atoms with E-state index in [0.29, 0.717) is 22.9 Å². The lowest BCUT2D eigenvalue weighted by molar-refractivity contribution is -0.137. The van der Waals surface area contributed by atoms with Crippen molar-refractivity contribution in [2.45, 2.75) is 13.1 Å². The van der Waals surface area contributed by atoms with Crippen LogP contribution in [0.2, 0.25) is 0 Å². The van der Waals surface area contributed by atoms with Crippen LogP contribution in [0.25, 0.3) is 0 Å². The Morgan fingerprint density at radius 2 is 1.31 bits per heavy atom. The van der Waals surface area contributed by atoms with E-state index in [2.05, 4.69) is 25.9 Å². The van der Waals surface area contributed by atoms with Gasteiger partial charge in [0.25, 0.3) is 0 Å². The van der Waals surface area contributed by atoms with Crippen LogP contribution >= 0.6 is 0 Å². The molecule has 0 aliphatic heterocycles. The van der Waals surface area contributed by atoms with Crippen molar-refractivity contribution in [3.05, 3.63) is 60.4 Å². The molecule has 0 aliphatic rings. The summed E-state index contributed by atoms with van der Waals surface area (Å²) in [4.78, 5) is 19.2. The third-order valence-corrected chi connectivity index (χ3v) is 3.83. The van der Waals surface area contributed by atoms with Gasteiger partial charge in [-0.3, -0.25) is 4.79 Å². The van der Waals surface area contributed by atoms with Gasteiger partial charge >= 0.3 is 6.18 Å². The van der Waals surface area contributed by atoms with Crippen molar-refractivity contribution in [3.63, 3.8) is 0 Å². The zero-order chi connectivity index (χ0) is 21.0. The summed E-state index contributed by atoms with van der Waals surface area (Å²) in [6, 6.07) is 11.4. The lowest BCUT2D eigenvalue weighted by Crippen LogP contribution is -2.07. The SMILES string of the molecule is CC(=O)Nc1ccc(Nc2ncnc(Nc3ccc(C(F)(F)F)cc3)c2N)cc1. The molecule has 0 atom stereocenters. The summed E-state index contributed by atoms with van der Waals surface area (Å²) < 4.78 is 38.0. The first-order chi connectivity index (χ1) is 13.7. The van der Waals surface area contributed by atoms with Crippen molar-refractivity contribution >= 4 is 40.3 Å². The fourth-order valence-electron chi connectivity index (χ4n) is 2.45. The summed E-state index contributed by atoms with van der Waals surface area (Å²) in [5.41, 5.74) is 7.24. The smallest absolute Gasteiger partial charge is 0.393 e. The fraction of sp³-hybridized carbons (Fsp3) is 0.105. The monoisotopic (exact) mass is 402 g/mol. The second kappa shape index (κ2) is 8.05. The van der Waals surface area contributed by atoms with Crippen LogP contribution in [0, 0.1) is 0 Å². The van der Waals surface area contributed by atoms with Crippen LogP contribution in [0.1, 0.15) is 12.5 Å². The molecule has 7 nitrogen and oxygen atoms in total. The standard InChI is InChI=1S/C19H17F3N6O/c1-11(29)26-13-6-8-15(9-7-13)28-18-16(23)17(24-10-25-18)27-14-4-2-12(3-5-14)19(20,21)22/h2-10H,23H2,1H3,(H,26,29)(H2,24,25,27,28). The summed E-state index contributed by atoms with van der Waals surface area (Å²) in [5.74, 6) is 0.392. The van der Waals surface area contributed by atoms with Gasteiger partial charge in [0.2, 0.25) is 5.91 Å². The van der Waals surface area contributed by atoms with Crippen LogP contribution in [-0.2, 0) is 11.0 Å². The lowest BCUT2D eigenvalue weighted by Gasteiger charge is -2.13. The van der Waals surface area contributed by atoms with Gasteiger partial charge in [-0.1, -0.05) is 0 Å². The summed E-state index contributed by atoms with van der Waals surface area (Å²) >= 11 is 0. The second-order valence-corrected chi connectivity index (χ2v) is 6.07. The van der Waals surface area contributed by atoms with Crippen LogP contribution in [-0.4, -0.2) is 15.9 Å². The van der Waals surface area contributed by atoms with Gasteiger partial charge in [-0.05, 0) is 48.5 Å². The molecule has 0 unspecified atom stereocenters. The highest BCUT2D eigenvalue weighted by molar-refractivity contribution is 5.89. The molecular weight excluding hydrogens is 385 g/mol. The Kier molecular flexibility index (Phi) is 5.53. The number of nitrogens with one attached hydrogen (secondary N) is 3. The highest BCUT2D eigenvalue weighted by atomic mass is 19.4. The largest absolute Gasteiger partial charge is 0.416 e. The number of benzene rings is 2. The van der Waals surface area contributed by atoms with E-state index in [4.69, 9.17) is 5.73 Å². The Morgan fingerprint density at radius 3 is 1.76 bits per heavy atom. The van der Waals surface area contributed by atoms with E-state index in [1.165, 1.54) is 25.4 Å². The molecule has 1 heterocycles. The molecule has 3 rings (SSSR count). The van der Waals surface area contributed by atoms with Gasteiger partial charge in [0.1, 0.15) is 12.0 Å². The molecule has 3 aromatic rings. The molecular formula is C19H17F3N6O. The number of aromatic nitrogens is 2. The second-order valence-electron chi connectivity index (χ2n) is 6.07. The van der Waals surface area contributed by atoms with E-state index in [0.717, 1.165) is 12.1 Å². The number of halogens is 3. The first kappa shape index (κ1) is 19.9. The minimum atomic E-state index is -4.40. The van der Waals surface area contributed by atoms with E-state index in [9.17, 15) is 18.0 Å². The molecule has 0 spiro atoms. The maximum atomic E-state index is 12.7. The van der Waals surface area contributed by atoms with Crippen molar-refractivity contribution in [2.75, 3.05) is 21.7 Å². The van der Waals surface area contributed by atoms with Crippen molar-refractivity contribution in [1.29, 1.82) is 0 Å². The number of hydrogen-bond acceptors (Lipinski definition) is 6. The number of alkyl halides is 3. The Bertz CT molecular complexity index is 1000. The molecule has 10 heteroatoms. The van der Waals surface area contributed by atoms with Gasteiger partial charge in [-0.15, -0.1) is 0 Å². The quantitative estimate of drug-likeness (QED) is 0.500. The zero-order valence-electron chi connectivity index (χ0n) is 15.2. The van der Waals surface area contributed by atoms with Gasteiger partial charge in [0.15, 0.2) is 11.6 Å². The maximum absolute atomic E-state index is 12.7. The molecule has 29 heavy (non-hydrogen) atoms. The Morgan fingerprint density at radius 1 is 0.862 bits per heavy atom. The molecule has 0 saturated heterocycles. The van der Waals surface area contributed by atoms with Crippen LogP contribution in [0.15, 0.2) is 54.9 Å².